The highest BCUT2D eigenvalue weighted by Gasteiger charge is 2.10. The van der Waals surface area contributed by atoms with E-state index in [2.05, 4.69) is 62.3 Å². The molecule has 0 heterocycles. The van der Waals surface area contributed by atoms with E-state index in [1.165, 1.54) is 28.1 Å². The summed E-state index contributed by atoms with van der Waals surface area (Å²) < 4.78 is 0. The lowest BCUT2D eigenvalue weighted by Gasteiger charge is -2.24. The minimum atomic E-state index is 0.778. The number of anilines is 2. The largest absolute Gasteiger partial charge is 0.344 e. The maximum absolute atomic E-state index is 6.15. The third-order valence-electron chi connectivity index (χ3n) is 3.56. The van der Waals surface area contributed by atoms with Crippen molar-refractivity contribution in [2.45, 2.75) is 27.3 Å². The molecule has 2 aromatic rings. The van der Waals surface area contributed by atoms with Gasteiger partial charge in [-0.05, 0) is 67.4 Å². The molecule has 0 saturated carbocycles. The zero-order chi connectivity index (χ0) is 15.4. The Kier molecular flexibility index (Phi) is 5.27. The smallest absolute Gasteiger partial charge is 0.0454 e. The summed E-state index contributed by atoms with van der Waals surface area (Å²) in [6.07, 6.45) is 0. The van der Waals surface area contributed by atoms with Gasteiger partial charge in [0.1, 0.15) is 0 Å². The Morgan fingerprint density at radius 1 is 1.05 bits per heavy atom. The predicted octanol–water partition coefficient (Wildman–Crippen LogP) is 4.83. The molecule has 3 heteroatoms. The van der Waals surface area contributed by atoms with Crippen LogP contribution in [-0.4, -0.2) is 13.6 Å². The van der Waals surface area contributed by atoms with Crippen LogP contribution in [-0.2, 0) is 6.54 Å². The van der Waals surface area contributed by atoms with Crippen LogP contribution in [0.5, 0.6) is 0 Å². The van der Waals surface area contributed by atoms with E-state index in [-0.39, 0.29) is 0 Å². The van der Waals surface area contributed by atoms with Gasteiger partial charge in [-0.2, -0.15) is 0 Å². The predicted molar refractivity (Wildman–Crippen MR) is 92.8 cm³/mol. The molecule has 0 saturated heterocycles. The highest BCUT2D eigenvalue weighted by atomic mass is 35.5. The summed E-state index contributed by atoms with van der Waals surface area (Å²) in [5, 5.41) is 4.15. The van der Waals surface area contributed by atoms with Crippen molar-refractivity contribution in [3.8, 4) is 0 Å². The number of nitrogens with one attached hydrogen (secondary N) is 1. The monoisotopic (exact) mass is 302 g/mol. The van der Waals surface area contributed by atoms with Crippen molar-refractivity contribution in [1.82, 2.24) is 5.32 Å². The number of nitrogens with zero attached hydrogens (tertiary/aromatic N) is 1. The summed E-state index contributed by atoms with van der Waals surface area (Å²) in [5.41, 5.74) is 6.15. The molecule has 0 atom stereocenters. The van der Waals surface area contributed by atoms with Crippen molar-refractivity contribution in [2.75, 3.05) is 18.5 Å². The van der Waals surface area contributed by atoms with Gasteiger partial charge in [-0.25, -0.2) is 0 Å². The summed E-state index contributed by atoms with van der Waals surface area (Å²) in [6, 6.07) is 12.7. The maximum Gasteiger partial charge on any atom is 0.0454 e. The molecule has 0 bridgehead atoms. The number of halogens is 1. The van der Waals surface area contributed by atoms with Gasteiger partial charge in [0.15, 0.2) is 0 Å². The van der Waals surface area contributed by atoms with Gasteiger partial charge in [-0.15, -0.1) is 0 Å². The summed E-state index contributed by atoms with van der Waals surface area (Å²) >= 11 is 6.15. The number of hydrogen-bond acceptors (Lipinski definition) is 2. The Balaban J connectivity index is 2.39. The van der Waals surface area contributed by atoms with Gasteiger partial charge in [-0.1, -0.05) is 24.6 Å². The average molecular weight is 303 g/mol. The van der Waals surface area contributed by atoms with E-state index in [0.717, 1.165) is 18.1 Å². The van der Waals surface area contributed by atoms with Gasteiger partial charge in [0.25, 0.3) is 0 Å². The van der Waals surface area contributed by atoms with E-state index >= 15 is 0 Å². The maximum atomic E-state index is 6.15. The van der Waals surface area contributed by atoms with E-state index in [4.69, 9.17) is 11.6 Å². The fraction of sp³-hybridized carbons (Fsp3) is 0.333. The minimum Gasteiger partial charge on any atom is -0.344 e. The van der Waals surface area contributed by atoms with Crippen molar-refractivity contribution in [1.29, 1.82) is 0 Å². The lowest BCUT2D eigenvalue weighted by Crippen LogP contribution is -2.17. The molecular weight excluding hydrogens is 280 g/mol. The second-order valence-electron chi connectivity index (χ2n) is 5.46. The first-order valence-corrected chi connectivity index (χ1v) is 7.70. The van der Waals surface area contributed by atoms with Crippen LogP contribution in [0.1, 0.15) is 23.6 Å². The van der Waals surface area contributed by atoms with Crippen LogP contribution in [0.25, 0.3) is 0 Å². The zero-order valence-electron chi connectivity index (χ0n) is 13.2. The SMILES string of the molecule is CCNCc1cc(Cl)ccc1N(C)c1cc(C)cc(C)c1. The molecule has 112 valence electrons. The van der Waals surface area contributed by atoms with Gasteiger partial charge >= 0.3 is 0 Å². The first-order valence-electron chi connectivity index (χ1n) is 7.32. The lowest BCUT2D eigenvalue weighted by molar-refractivity contribution is 0.726. The fourth-order valence-electron chi connectivity index (χ4n) is 2.57. The van der Waals surface area contributed by atoms with Crippen molar-refractivity contribution >= 4 is 23.0 Å². The quantitative estimate of drug-likeness (QED) is 0.850. The molecule has 0 aromatic heterocycles. The van der Waals surface area contributed by atoms with E-state index in [9.17, 15) is 0 Å². The molecule has 2 nitrogen and oxygen atoms in total. The van der Waals surface area contributed by atoms with Gasteiger partial charge in [0, 0.05) is 30.0 Å². The lowest BCUT2D eigenvalue weighted by atomic mass is 10.1. The molecule has 0 aliphatic heterocycles. The third kappa shape index (κ3) is 3.99. The Labute approximate surface area is 132 Å². The van der Waals surface area contributed by atoms with Crippen molar-refractivity contribution in [2.24, 2.45) is 0 Å². The molecule has 0 radical (unpaired) electrons. The Hall–Kier alpha value is -1.51. The van der Waals surface area contributed by atoms with Crippen LogP contribution in [0.4, 0.5) is 11.4 Å². The molecule has 0 fully saturated rings. The third-order valence-corrected chi connectivity index (χ3v) is 3.80. The molecule has 0 unspecified atom stereocenters. The highest BCUT2D eigenvalue weighted by molar-refractivity contribution is 6.30. The van der Waals surface area contributed by atoms with E-state index in [1.807, 2.05) is 12.1 Å². The van der Waals surface area contributed by atoms with Gasteiger partial charge in [0.05, 0.1) is 0 Å². The van der Waals surface area contributed by atoms with E-state index < -0.39 is 0 Å². The molecule has 21 heavy (non-hydrogen) atoms. The van der Waals surface area contributed by atoms with Gasteiger partial charge < -0.3 is 10.2 Å². The molecule has 0 aliphatic rings. The van der Waals surface area contributed by atoms with Crippen LogP contribution >= 0.6 is 11.6 Å². The Morgan fingerprint density at radius 3 is 2.33 bits per heavy atom. The number of benzene rings is 2. The molecule has 1 N–H and O–H groups in total. The normalized spacial score (nSPS) is 10.7. The number of hydrogen-bond donors (Lipinski definition) is 1. The van der Waals surface area contributed by atoms with Crippen LogP contribution in [0.2, 0.25) is 5.02 Å². The van der Waals surface area contributed by atoms with Crippen molar-refractivity contribution in [3.63, 3.8) is 0 Å². The number of aryl methyl sites for hydroxylation is 2. The summed E-state index contributed by atoms with van der Waals surface area (Å²) in [6.45, 7) is 8.14. The Morgan fingerprint density at radius 2 is 1.71 bits per heavy atom. The van der Waals surface area contributed by atoms with E-state index in [0.29, 0.717) is 0 Å². The van der Waals surface area contributed by atoms with Crippen LogP contribution in [0.3, 0.4) is 0 Å². The molecule has 2 aromatic carbocycles. The fourth-order valence-corrected chi connectivity index (χ4v) is 2.76. The number of rotatable bonds is 5. The van der Waals surface area contributed by atoms with Crippen LogP contribution in [0.15, 0.2) is 36.4 Å². The van der Waals surface area contributed by atoms with E-state index in [1.54, 1.807) is 0 Å². The Bertz CT molecular complexity index is 602. The average Bonchev–Trinajstić information content (AvgIpc) is 2.43. The van der Waals surface area contributed by atoms with Crippen LogP contribution in [0, 0.1) is 13.8 Å². The van der Waals surface area contributed by atoms with Crippen LogP contribution < -0.4 is 10.2 Å². The van der Waals surface area contributed by atoms with Crippen molar-refractivity contribution in [3.05, 3.63) is 58.1 Å². The summed E-state index contributed by atoms with van der Waals surface area (Å²) in [7, 11) is 2.10. The topological polar surface area (TPSA) is 15.3 Å². The second kappa shape index (κ2) is 6.97. The summed E-state index contributed by atoms with van der Waals surface area (Å²) in [5.74, 6) is 0. The molecule has 2 rings (SSSR count). The summed E-state index contributed by atoms with van der Waals surface area (Å²) in [4.78, 5) is 2.23. The van der Waals surface area contributed by atoms with Gasteiger partial charge in [-0.3, -0.25) is 0 Å². The van der Waals surface area contributed by atoms with Crippen molar-refractivity contribution < 1.29 is 0 Å². The molecule has 0 aliphatic carbocycles. The standard InChI is InChI=1S/C18H23ClN2/c1-5-20-12-15-11-16(19)6-7-18(15)21(4)17-9-13(2)8-14(3)10-17/h6-11,20H,5,12H2,1-4H3. The molecule has 0 spiro atoms. The molecule has 0 amide bonds. The second-order valence-corrected chi connectivity index (χ2v) is 5.89. The zero-order valence-corrected chi connectivity index (χ0v) is 14.0. The van der Waals surface area contributed by atoms with Gasteiger partial charge in [0.2, 0.25) is 0 Å². The highest BCUT2D eigenvalue weighted by Crippen LogP contribution is 2.30. The first-order chi connectivity index (χ1) is 10.0. The minimum absolute atomic E-state index is 0.778. The first kappa shape index (κ1) is 15.9. The molecular formula is C18H23ClN2.